The molecule has 2 atom stereocenters. The molecular weight excluding hydrogens is 498 g/mol. The average Bonchev–Trinajstić information content (AvgIpc) is 2.95. The minimum absolute atomic E-state index is 0.164. The largest absolute Gasteiger partial charge is 0.508 e. The number of fused-ring (bicyclic) bond motifs is 1. The molecule has 5 N–H and O–H groups in total. The van der Waals surface area contributed by atoms with E-state index in [9.17, 15) is 9.90 Å². The molecule has 0 saturated heterocycles. The summed E-state index contributed by atoms with van der Waals surface area (Å²) >= 11 is 0. The van der Waals surface area contributed by atoms with Gasteiger partial charge in [-0.3, -0.25) is 4.79 Å². The molecule has 4 aromatic carbocycles. The van der Waals surface area contributed by atoms with Gasteiger partial charge in [0, 0.05) is 17.8 Å². The number of ether oxygens (including phenoxy) is 1. The average molecular weight is 536 g/mol. The summed E-state index contributed by atoms with van der Waals surface area (Å²) in [7, 11) is 0. The van der Waals surface area contributed by atoms with Crippen molar-refractivity contribution < 1.29 is 14.6 Å². The lowest BCUT2D eigenvalue weighted by Gasteiger charge is -2.31. The van der Waals surface area contributed by atoms with E-state index < -0.39 is 6.04 Å². The van der Waals surface area contributed by atoms with Crippen LogP contribution < -0.4 is 21.1 Å². The maximum absolute atomic E-state index is 13.4. The number of aromatic hydroxyl groups is 1. The molecule has 0 saturated carbocycles. The smallest absolute Gasteiger partial charge is 0.237 e. The van der Waals surface area contributed by atoms with Crippen LogP contribution in [0.15, 0.2) is 84.9 Å². The van der Waals surface area contributed by atoms with Crippen molar-refractivity contribution in [3.63, 3.8) is 0 Å². The number of carbonyl (C=O) groups is 1. The SMILES string of the molecule is Cc1cc(O)cc(C)c1CC(N)C(=O)NC1CCNc2c(COc3ccccc3)cc(Cc3ccccc3)cc21. The van der Waals surface area contributed by atoms with Gasteiger partial charge in [0.15, 0.2) is 0 Å². The minimum Gasteiger partial charge on any atom is -0.508 e. The highest BCUT2D eigenvalue weighted by Crippen LogP contribution is 2.35. The third kappa shape index (κ3) is 6.46. The standard InChI is InChI=1S/C34H37N3O3/c1-22-15-27(38)16-23(2)29(22)20-31(35)34(39)37-32-13-14-36-33-26(21-40-28-11-7-4-8-12-28)18-25(19-30(32)33)17-24-9-5-3-6-10-24/h3-12,15-16,18-19,31-32,36,38H,13-14,17,20-21,35H2,1-2H3,(H,37,39). The summed E-state index contributed by atoms with van der Waals surface area (Å²) < 4.78 is 6.15. The van der Waals surface area contributed by atoms with Crippen molar-refractivity contribution in [2.75, 3.05) is 11.9 Å². The fraction of sp³-hybridized carbons (Fsp3) is 0.265. The molecule has 0 spiro atoms. The number of nitrogens with two attached hydrogens (primary N) is 1. The highest BCUT2D eigenvalue weighted by molar-refractivity contribution is 5.83. The van der Waals surface area contributed by atoms with Crippen molar-refractivity contribution in [1.82, 2.24) is 5.32 Å². The third-order valence-corrected chi connectivity index (χ3v) is 7.57. The maximum Gasteiger partial charge on any atom is 0.237 e. The Kier molecular flexibility index (Phi) is 8.37. The van der Waals surface area contributed by atoms with Gasteiger partial charge in [0.25, 0.3) is 0 Å². The molecule has 0 radical (unpaired) electrons. The van der Waals surface area contributed by atoms with Gasteiger partial charge in [-0.15, -0.1) is 0 Å². The summed E-state index contributed by atoms with van der Waals surface area (Å²) in [4.78, 5) is 13.4. The van der Waals surface area contributed by atoms with Crippen LogP contribution in [0.1, 0.15) is 51.4 Å². The molecule has 0 aliphatic carbocycles. The fourth-order valence-corrected chi connectivity index (χ4v) is 5.54. The number of phenolic OH excluding ortho intramolecular Hbond substituents is 1. The molecule has 1 aliphatic rings. The zero-order valence-electron chi connectivity index (χ0n) is 23.1. The lowest BCUT2D eigenvalue weighted by atomic mass is 9.90. The Bertz CT molecular complexity index is 1450. The van der Waals surface area contributed by atoms with Gasteiger partial charge in [-0.1, -0.05) is 54.6 Å². The lowest BCUT2D eigenvalue weighted by Crippen LogP contribution is -2.45. The molecule has 0 fully saturated rings. The Balaban J connectivity index is 1.39. The zero-order valence-corrected chi connectivity index (χ0v) is 23.1. The van der Waals surface area contributed by atoms with Gasteiger partial charge >= 0.3 is 0 Å². The Morgan fingerprint density at radius 2 is 1.68 bits per heavy atom. The Morgan fingerprint density at radius 1 is 1.00 bits per heavy atom. The Labute approximate surface area is 236 Å². The molecule has 40 heavy (non-hydrogen) atoms. The molecule has 4 aromatic rings. The van der Waals surface area contributed by atoms with Crippen molar-refractivity contribution in [2.24, 2.45) is 5.73 Å². The van der Waals surface area contributed by atoms with Gasteiger partial charge in [0.2, 0.25) is 5.91 Å². The second-order valence-electron chi connectivity index (χ2n) is 10.6. The van der Waals surface area contributed by atoms with Crippen molar-refractivity contribution >= 4 is 11.6 Å². The van der Waals surface area contributed by atoms with Crippen LogP contribution in [-0.4, -0.2) is 23.6 Å². The summed E-state index contributed by atoms with van der Waals surface area (Å²) in [5, 5.41) is 16.7. The second kappa shape index (κ2) is 12.3. The summed E-state index contributed by atoms with van der Waals surface area (Å²) in [5.74, 6) is 0.859. The van der Waals surface area contributed by atoms with Crippen LogP contribution in [0.4, 0.5) is 5.69 Å². The number of nitrogens with one attached hydrogen (secondary N) is 2. The van der Waals surface area contributed by atoms with Crippen molar-refractivity contribution in [3.05, 3.63) is 124 Å². The van der Waals surface area contributed by atoms with Crippen LogP contribution in [0.25, 0.3) is 0 Å². The first kappa shape index (κ1) is 27.3. The number of aryl methyl sites for hydroxylation is 2. The minimum atomic E-state index is -0.700. The topological polar surface area (TPSA) is 96.6 Å². The number of hydrogen-bond acceptors (Lipinski definition) is 5. The molecule has 5 rings (SSSR count). The predicted molar refractivity (Wildman–Crippen MR) is 160 cm³/mol. The summed E-state index contributed by atoms with van der Waals surface area (Å²) in [6.45, 7) is 5.02. The highest BCUT2D eigenvalue weighted by atomic mass is 16.5. The van der Waals surface area contributed by atoms with E-state index in [-0.39, 0.29) is 17.7 Å². The highest BCUT2D eigenvalue weighted by Gasteiger charge is 2.27. The number of benzene rings is 4. The van der Waals surface area contributed by atoms with Crippen LogP contribution in [0.2, 0.25) is 0 Å². The maximum atomic E-state index is 13.4. The number of rotatable bonds is 9. The van der Waals surface area contributed by atoms with Gasteiger partial charge < -0.3 is 26.2 Å². The monoisotopic (exact) mass is 535 g/mol. The van der Waals surface area contributed by atoms with Crippen molar-refractivity contribution in [2.45, 2.75) is 51.8 Å². The second-order valence-corrected chi connectivity index (χ2v) is 10.6. The first-order valence-corrected chi connectivity index (χ1v) is 13.8. The van der Waals surface area contributed by atoms with Gasteiger partial charge in [0.05, 0.1) is 12.1 Å². The molecule has 0 bridgehead atoms. The molecule has 1 aliphatic heterocycles. The van der Waals surface area contributed by atoms with E-state index in [1.807, 2.05) is 50.2 Å². The van der Waals surface area contributed by atoms with Gasteiger partial charge in [-0.05, 0) is 96.8 Å². The summed E-state index contributed by atoms with van der Waals surface area (Å²) in [5.41, 5.74) is 14.8. The molecule has 206 valence electrons. The van der Waals surface area contributed by atoms with E-state index in [1.54, 1.807) is 12.1 Å². The molecule has 2 unspecified atom stereocenters. The zero-order chi connectivity index (χ0) is 28.1. The Hall–Kier alpha value is -4.29. The number of anilines is 1. The lowest BCUT2D eigenvalue weighted by molar-refractivity contribution is -0.123. The normalized spacial score (nSPS) is 15.0. The quantitative estimate of drug-likeness (QED) is 0.220. The van der Waals surface area contributed by atoms with Crippen LogP contribution in [-0.2, 0) is 24.2 Å². The van der Waals surface area contributed by atoms with Crippen LogP contribution in [0.3, 0.4) is 0 Å². The van der Waals surface area contributed by atoms with Crippen molar-refractivity contribution in [1.29, 1.82) is 0 Å². The van der Waals surface area contributed by atoms with E-state index in [4.69, 9.17) is 10.5 Å². The summed E-state index contributed by atoms with van der Waals surface area (Å²) in [6, 6.07) is 27.2. The van der Waals surface area contributed by atoms with Gasteiger partial charge in [0.1, 0.15) is 18.1 Å². The van der Waals surface area contributed by atoms with Gasteiger partial charge in [-0.25, -0.2) is 0 Å². The van der Waals surface area contributed by atoms with Crippen LogP contribution in [0.5, 0.6) is 11.5 Å². The molecule has 1 amide bonds. The number of phenols is 1. The third-order valence-electron chi connectivity index (χ3n) is 7.57. The molecule has 6 heteroatoms. The van der Waals surface area contributed by atoms with E-state index in [0.717, 1.165) is 58.6 Å². The number of amides is 1. The number of carbonyl (C=O) groups excluding carboxylic acids is 1. The van der Waals surface area contributed by atoms with E-state index >= 15 is 0 Å². The molecule has 0 aromatic heterocycles. The van der Waals surface area contributed by atoms with E-state index in [0.29, 0.717) is 13.0 Å². The van der Waals surface area contributed by atoms with Crippen LogP contribution >= 0.6 is 0 Å². The fourth-order valence-electron chi connectivity index (χ4n) is 5.54. The first-order valence-electron chi connectivity index (χ1n) is 13.8. The van der Waals surface area contributed by atoms with Crippen molar-refractivity contribution in [3.8, 4) is 11.5 Å². The number of hydrogen-bond donors (Lipinski definition) is 4. The van der Waals surface area contributed by atoms with E-state index in [1.165, 1.54) is 11.1 Å². The van der Waals surface area contributed by atoms with Crippen LogP contribution in [0, 0.1) is 13.8 Å². The van der Waals surface area contributed by atoms with E-state index in [2.05, 4.69) is 47.0 Å². The number of para-hydroxylation sites is 1. The Morgan fingerprint density at radius 3 is 2.38 bits per heavy atom. The predicted octanol–water partition coefficient (Wildman–Crippen LogP) is 5.72. The molecule has 1 heterocycles. The first-order chi connectivity index (χ1) is 19.4. The van der Waals surface area contributed by atoms with Gasteiger partial charge in [-0.2, -0.15) is 0 Å². The summed E-state index contributed by atoms with van der Waals surface area (Å²) in [6.07, 6.45) is 1.95. The molecule has 6 nitrogen and oxygen atoms in total. The molecular formula is C34H37N3O3.